The van der Waals surface area contributed by atoms with E-state index in [2.05, 4.69) is 15.6 Å². The lowest BCUT2D eigenvalue weighted by molar-refractivity contribution is 0.0954. The maximum Gasteiger partial charge on any atom is 0.251 e. The van der Waals surface area contributed by atoms with Crippen molar-refractivity contribution in [2.24, 2.45) is 0 Å². The number of hydrogen-bond acceptors (Lipinski definition) is 3. The van der Waals surface area contributed by atoms with Crippen molar-refractivity contribution in [3.05, 3.63) is 59.3 Å². The largest absolute Gasteiger partial charge is 0.373 e. The molecular weight excluding hydrogens is 276 g/mol. The van der Waals surface area contributed by atoms with Crippen LogP contribution in [0.5, 0.6) is 0 Å². The number of anilines is 1. The van der Waals surface area contributed by atoms with Gasteiger partial charge in [0.05, 0.1) is 0 Å². The molecule has 0 radical (unpaired) electrons. The molecule has 0 atom stereocenters. The fourth-order valence-electron chi connectivity index (χ4n) is 1.89. The van der Waals surface area contributed by atoms with Crippen LogP contribution in [0.3, 0.4) is 0 Å². The van der Waals surface area contributed by atoms with Crippen molar-refractivity contribution < 1.29 is 13.6 Å². The Bertz CT molecular complexity index is 626. The van der Waals surface area contributed by atoms with E-state index in [-0.39, 0.29) is 5.91 Å². The second-order valence-electron chi connectivity index (χ2n) is 4.46. The zero-order valence-electron chi connectivity index (χ0n) is 11.5. The van der Waals surface area contributed by atoms with Gasteiger partial charge in [-0.15, -0.1) is 0 Å². The number of amides is 1. The Labute approximate surface area is 121 Å². The summed E-state index contributed by atoms with van der Waals surface area (Å²) < 4.78 is 26.0. The van der Waals surface area contributed by atoms with Gasteiger partial charge in [0, 0.05) is 31.4 Å². The minimum atomic E-state index is -0.621. The SMILES string of the molecule is CNc1cc(C(=O)NCCc2cc(F)cc(F)c2)ccn1. The minimum absolute atomic E-state index is 0.259. The van der Waals surface area contributed by atoms with E-state index in [1.54, 1.807) is 19.2 Å². The monoisotopic (exact) mass is 291 g/mol. The standard InChI is InChI=1S/C15H15F2N3O/c1-18-14-8-11(3-5-19-14)15(21)20-4-2-10-6-12(16)9-13(17)7-10/h3,5-9H,2,4H2,1H3,(H,18,19)(H,20,21). The summed E-state index contributed by atoms with van der Waals surface area (Å²) in [6.45, 7) is 0.291. The Morgan fingerprint density at radius 3 is 2.57 bits per heavy atom. The molecule has 1 aromatic heterocycles. The van der Waals surface area contributed by atoms with Crippen LogP contribution in [0.15, 0.2) is 36.5 Å². The van der Waals surface area contributed by atoms with Gasteiger partial charge in [-0.25, -0.2) is 13.8 Å². The first-order valence-electron chi connectivity index (χ1n) is 6.45. The summed E-state index contributed by atoms with van der Waals surface area (Å²) in [5.74, 6) is -0.908. The van der Waals surface area contributed by atoms with Gasteiger partial charge in [0.25, 0.3) is 5.91 Å². The number of rotatable bonds is 5. The lowest BCUT2D eigenvalue weighted by atomic mass is 10.1. The quantitative estimate of drug-likeness (QED) is 0.889. The van der Waals surface area contributed by atoms with Crippen LogP contribution in [0.25, 0.3) is 0 Å². The molecule has 0 spiro atoms. The number of hydrogen-bond donors (Lipinski definition) is 2. The summed E-state index contributed by atoms with van der Waals surface area (Å²) in [7, 11) is 1.71. The predicted octanol–water partition coefficient (Wildman–Crippen LogP) is 2.37. The molecule has 4 nitrogen and oxygen atoms in total. The third kappa shape index (κ3) is 4.24. The molecule has 0 saturated heterocycles. The summed E-state index contributed by atoms with van der Waals surface area (Å²) in [5.41, 5.74) is 0.971. The molecule has 110 valence electrons. The molecule has 2 rings (SSSR count). The lowest BCUT2D eigenvalue weighted by Crippen LogP contribution is -2.25. The zero-order chi connectivity index (χ0) is 15.2. The highest BCUT2D eigenvalue weighted by atomic mass is 19.1. The van der Waals surface area contributed by atoms with Crippen molar-refractivity contribution in [1.82, 2.24) is 10.3 Å². The predicted molar refractivity (Wildman–Crippen MR) is 76.2 cm³/mol. The van der Waals surface area contributed by atoms with Crippen molar-refractivity contribution in [2.75, 3.05) is 18.9 Å². The first kappa shape index (κ1) is 14.9. The maximum atomic E-state index is 13.0. The average molecular weight is 291 g/mol. The van der Waals surface area contributed by atoms with Gasteiger partial charge >= 0.3 is 0 Å². The molecule has 0 saturated carbocycles. The molecule has 2 aromatic rings. The fraction of sp³-hybridized carbons (Fsp3) is 0.200. The molecule has 0 unspecified atom stereocenters. The average Bonchev–Trinajstić information content (AvgIpc) is 2.46. The Morgan fingerprint density at radius 1 is 1.19 bits per heavy atom. The first-order chi connectivity index (χ1) is 10.1. The molecule has 6 heteroatoms. The van der Waals surface area contributed by atoms with Crippen molar-refractivity contribution in [3.63, 3.8) is 0 Å². The number of pyridine rings is 1. The third-order valence-electron chi connectivity index (χ3n) is 2.90. The van der Waals surface area contributed by atoms with Crippen LogP contribution in [0, 0.1) is 11.6 Å². The molecular formula is C15H15F2N3O. The van der Waals surface area contributed by atoms with Gasteiger partial charge in [-0.1, -0.05) is 0 Å². The van der Waals surface area contributed by atoms with Crippen LogP contribution in [0.1, 0.15) is 15.9 Å². The van der Waals surface area contributed by atoms with E-state index in [1.165, 1.54) is 18.3 Å². The number of nitrogens with zero attached hydrogens (tertiary/aromatic N) is 1. The van der Waals surface area contributed by atoms with E-state index < -0.39 is 11.6 Å². The van der Waals surface area contributed by atoms with Gasteiger partial charge in [0.15, 0.2) is 0 Å². The summed E-state index contributed by atoms with van der Waals surface area (Å²) in [6, 6.07) is 6.54. The topological polar surface area (TPSA) is 54.0 Å². The van der Waals surface area contributed by atoms with E-state index in [0.717, 1.165) is 6.07 Å². The molecule has 1 amide bonds. The number of carbonyl (C=O) groups excluding carboxylic acids is 1. The van der Waals surface area contributed by atoms with Crippen molar-refractivity contribution in [1.29, 1.82) is 0 Å². The van der Waals surface area contributed by atoms with E-state index in [1.807, 2.05) is 0 Å². The first-order valence-corrected chi connectivity index (χ1v) is 6.45. The summed E-state index contributed by atoms with van der Waals surface area (Å²) in [5, 5.41) is 5.54. The van der Waals surface area contributed by atoms with Gasteiger partial charge in [-0.2, -0.15) is 0 Å². The zero-order valence-corrected chi connectivity index (χ0v) is 11.5. The second-order valence-corrected chi connectivity index (χ2v) is 4.46. The third-order valence-corrected chi connectivity index (χ3v) is 2.90. The van der Waals surface area contributed by atoms with Gasteiger partial charge in [-0.3, -0.25) is 4.79 Å². The molecule has 2 N–H and O–H groups in total. The molecule has 0 bridgehead atoms. The molecule has 1 aromatic carbocycles. The molecule has 1 heterocycles. The van der Waals surface area contributed by atoms with Crippen LogP contribution >= 0.6 is 0 Å². The van der Waals surface area contributed by atoms with Gasteiger partial charge in [-0.05, 0) is 36.2 Å². The van der Waals surface area contributed by atoms with Crippen molar-refractivity contribution in [2.45, 2.75) is 6.42 Å². The molecule has 0 aliphatic carbocycles. The number of carbonyl (C=O) groups is 1. The Kier molecular flexibility index (Phi) is 4.81. The van der Waals surface area contributed by atoms with Crippen molar-refractivity contribution >= 4 is 11.7 Å². The maximum absolute atomic E-state index is 13.0. The van der Waals surface area contributed by atoms with E-state index >= 15 is 0 Å². The number of aromatic nitrogens is 1. The number of halogens is 2. The molecule has 0 aliphatic heterocycles. The summed E-state index contributed by atoms with van der Waals surface area (Å²) >= 11 is 0. The van der Waals surface area contributed by atoms with Gasteiger partial charge in [0.1, 0.15) is 17.5 Å². The number of nitrogens with one attached hydrogen (secondary N) is 2. The summed E-state index contributed by atoms with van der Waals surface area (Å²) in [6.07, 6.45) is 1.88. The molecule has 0 fully saturated rings. The Balaban J connectivity index is 1.92. The molecule has 21 heavy (non-hydrogen) atoms. The smallest absolute Gasteiger partial charge is 0.251 e. The van der Waals surface area contributed by atoms with Crippen LogP contribution in [0.4, 0.5) is 14.6 Å². The molecule has 0 aliphatic rings. The van der Waals surface area contributed by atoms with E-state index in [0.29, 0.717) is 29.9 Å². The van der Waals surface area contributed by atoms with Crippen LogP contribution in [-0.4, -0.2) is 24.5 Å². The van der Waals surface area contributed by atoms with Crippen LogP contribution < -0.4 is 10.6 Å². The fourth-order valence-corrected chi connectivity index (χ4v) is 1.89. The van der Waals surface area contributed by atoms with Crippen molar-refractivity contribution in [3.8, 4) is 0 Å². The highest BCUT2D eigenvalue weighted by molar-refractivity contribution is 5.94. The highest BCUT2D eigenvalue weighted by Crippen LogP contribution is 2.09. The van der Waals surface area contributed by atoms with E-state index in [4.69, 9.17) is 0 Å². The summed E-state index contributed by atoms with van der Waals surface area (Å²) in [4.78, 5) is 15.9. The second kappa shape index (κ2) is 6.78. The van der Waals surface area contributed by atoms with E-state index in [9.17, 15) is 13.6 Å². The van der Waals surface area contributed by atoms with Crippen LogP contribution in [0.2, 0.25) is 0 Å². The highest BCUT2D eigenvalue weighted by Gasteiger charge is 2.06. The van der Waals surface area contributed by atoms with Gasteiger partial charge in [0.2, 0.25) is 0 Å². The minimum Gasteiger partial charge on any atom is -0.373 e. The van der Waals surface area contributed by atoms with Gasteiger partial charge < -0.3 is 10.6 Å². The Hall–Kier alpha value is -2.50. The number of benzene rings is 1. The van der Waals surface area contributed by atoms with Crippen LogP contribution in [-0.2, 0) is 6.42 Å². The normalized spacial score (nSPS) is 10.2. The Morgan fingerprint density at radius 2 is 1.90 bits per heavy atom. The lowest BCUT2D eigenvalue weighted by Gasteiger charge is -2.07.